The number of nitrogens with one attached hydrogen (secondary N) is 1. The van der Waals surface area contributed by atoms with Crippen LogP contribution in [-0.4, -0.2) is 42.6 Å². The fraction of sp³-hybridized carbons (Fsp3) is 0.409. The van der Waals surface area contributed by atoms with Crippen molar-refractivity contribution in [3.8, 4) is 0 Å². The first kappa shape index (κ1) is 23.2. The lowest BCUT2D eigenvalue weighted by molar-refractivity contribution is 0.0936. The van der Waals surface area contributed by atoms with Crippen LogP contribution in [0.2, 0.25) is 5.02 Å². The molecule has 1 aromatic carbocycles. The molecule has 1 aliphatic carbocycles. The number of hydrogen-bond acceptors (Lipinski definition) is 6. The van der Waals surface area contributed by atoms with Crippen LogP contribution in [0, 0.1) is 0 Å². The molecule has 2 aromatic rings. The standard InChI is InChI=1S/C22H27ClN4O3S/c1-15(11-12-31(4,29)30)26-21(28)20-24-13-17(14-25-20)27(16-9-10-16)22(2,3)18-7-5-6-8-19(18)23/h5-8,11-16H,9-10H2,1-4H3,(H,26,28)/b12-11+/t15-/m1/s1. The number of rotatable bonds is 8. The molecule has 166 valence electrons. The Kier molecular flexibility index (Phi) is 6.71. The summed E-state index contributed by atoms with van der Waals surface area (Å²) in [5.74, 6) is -0.449. The van der Waals surface area contributed by atoms with Crippen LogP contribution in [0.1, 0.15) is 49.8 Å². The van der Waals surface area contributed by atoms with Crippen LogP contribution in [-0.2, 0) is 15.4 Å². The molecule has 0 aliphatic heterocycles. The summed E-state index contributed by atoms with van der Waals surface area (Å²) in [5.41, 5.74) is 1.43. The number of carbonyl (C=O) groups excluding carboxylic acids is 1. The molecular weight excluding hydrogens is 436 g/mol. The molecule has 1 fully saturated rings. The fourth-order valence-electron chi connectivity index (χ4n) is 3.55. The van der Waals surface area contributed by atoms with Gasteiger partial charge in [0.15, 0.2) is 9.84 Å². The molecule has 1 amide bonds. The summed E-state index contributed by atoms with van der Waals surface area (Å²) in [6.07, 6.45) is 7.93. The van der Waals surface area contributed by atoms with Crippen molar-refractivity contribution in [2.24, 2.45) is 0 Å². The molecular formula is C22H27ClN4O3S. The number of nitrogens with zero attached hydrogens (tertiary/aromatic N) is 3. The monoisotopic (exact) mass is 462 g/mol. The van der Waals surface area contributed by atoms with Gasteiger partial charge in [0.05, 0.1) is 23.6 Å². The molecule has 1 aromatic heterocycles. The van der Waals surface area contributed by atoms with Gasteiger partial charge in [0, 0.05) is 28.8 Å². The largest absolute Gasteiger partial charge is 0.357 e. The Morgan fingerprint density at radius 1 is 1.26 bits per heavy atom. The average molecular weight is 463 g/mol. The molecule has 1 heterocycles. The summed E-state index contributed by atoms with van der Waals surface area (Å²) in [4.78, 5) is 23.2. The number of carbonyl (C=O) groups is 1. The van der Waals surface area contributed by atoms with Crippen molar-refractivity contribution in [3.05, 3.63) is 64.6 Å². The van der Waals surface area contributed by atoms with Crippen molar-refractivity contribution in [2.45, 2.75) is 51.2 Å². The Morgan fingerprint density at radius 2 is 1.87 bits per heavy atom. The summed E-state index contributed by atoms with van der Waals surface area (Å²) in [7, 11) is -3.26. The molecule has 0 bridgehead atoms. The van der Waals surface area contributed by atoms with Crippen molar-refractivity contribution < 1.29 is 13.2 Å². The van der Waals surface area contributed by atoms with Crippen molar-refractivity contribution in [3.63, 3.8) is 0 Å². The van der Waals surface area contributed by atoms with E-state index in [4.69, 9.17) is 11.6 Å². The number of aromatic nitrogens is 2. The van der Waals surface area contributed by atoms with E-state index in [0.717, 1.165) is 35.8 Å². The number of halogens is 1. The van der Waals surface area contributed by atoms with Gasteiger partial charge in [-0.3, -0.25) is 4.79 Å². The molecule has 1 N–H and O–H groups in total. The van der Waals surface area contributed by atoms with Crippen LogP contribution in [0.3, 0.4) is 0 Å². The predicted octanol–water partition coefficient (Wildman–Crippen LogP) is 3.71. The quantitative estimate of drug-likeness (QED) is 0.642. The molecule has 7 nitrogen and oxygen atoms in total. The molecule has 1 saturated carbocycles. The van der Waals surface area contributed by atoms with E-state index in [1.807, 2.05) is 24.3 Å². The SMILES string of the molecule is C[C@H](/C=C/S(C)(=O)=O)NC(=O)c1ncc(N(C2CC2)C(C)(C)c2ccccc2Cl)cn1. The van der Waals surface area contributed by atoms with Crippen LogP contribution in [0.25, 0.3) is 0 Å². The Bertz CT molecular complexity index is 1080. The smallest absolute Gasteiger partial charge is 0.289 e. The first-order valence-electron chi connectivity index (χ1n) is 10.0. The minimum Gasteiger partial charge on any atom is -0.357 e. The summed E-state index contributed by atoms with van der Waals surface area (Å²) in [6.45, 7) is 5.90. The maximum atomic E-state index is 12.4. The van der Waals surface area contributed by atoms with Crippen LogP contribution in [0.15, 0.2) is 48.1 Å². The maximum absolute atomic E-state index is 12.4. The van der Waals surface area contributed by atoms with Crippen LogP contribution < -0.4 is 10.2 Å². The summed E-state index contributed by atoms with van der Waals surface area (Å²) >= 11 is 6.48. The average Bonchev–Trinajstić information content (AvgIpc) is 3.51. The zero-order chi connectivity index (χ0) is 22.8. The highest BCUT2D eigenvalue weighted by Crippen LogP contribution is 2.43. The first-order valence-corrected chi connectivity index (χ1v) is 12.4. The van der Waals surface area contributed by atoms with Gasteiger partial charge >= 0.3 is 0 Å². The summed E-state index contributed by atoms with van der Waals surface area (Å²) in [6, 6.07) is 7.66. The van der Waals surface area contributed by atoms with Gasteiger partial charge in [0.1, 0.15) is 0 Å². The van der Waals surface area contributed by atoms with E-state index in [-0.39, 0.29) is 5.82 Å². The van der Waals surface area contributed by atoms with Gasteiger partial charge in [-0.15, -0.1) is 0 Å². The van der Waals surface area contributed by atoms with E-state index in [0.29, 0.717) is 11.1 Å². The number of benzene rings is 1. The van der Waals surface area contributed by atoms with Crippen molar-refractivity contribution in [2.75, 3.05) is 11.2 Å². The van der Waals surface area contributed by atoms with E-state index >= 15 is 0 Å². The highest BCUT2D eigenvalue weighted by Gasteiger charge is 2.40. The van der Waals surface area contributed by atoms with Crippen molar-refractivity contribution >= 4 is 33.0 Å². The van der Waals surface area contributed by atoms with E-state index in [9.17, 15) is 13.2 Å². The topological polar surface area (TPSA) is 92.3 Å². The third-order valence-electron chi connectivity index (χ3n) is 5.14. The molecule has 31 heavy (non-hydrogen) atoms. The number of sulfone groups is 1. The molecule has 0 spiro atoms. The molecule has 1 aliphatic rings. The number of hydrogen-bond donors (Lipinski definition) is 1. The van der Waals surface area contributed by atoms with E-state index in [1.165, 1.54) is 6.08 Å². The second-order valence-electron chi connectivity index (χ2n) is 8.33. The third-order valence-corrected chi connectivity index (χ3v) is 6.12. The molecule has 9 heteroatoms. The van der Waals surface area contributed by atoms with Gasteiger partial charge in [0.25, 0.3) is 5.91 Å². The summed E-state index contributed by atoms with van der Waals surface area (Å²) in [5, 5.41) is 4.43. The Hall–Kier alpha value is -2.45. The summed E-state index contributed by atoms with van der Waals surface area (Å²) < 4.78 is 22.4. The van der Waals surface area contributed by atoms with E-state index in [2.05, 4.69) is 34.0 Å². The molecule has 0 unspecified atom stereocenters. The minimum atomic E-state index is -3.26. The van der Waals surface area contributed by atoms with Crippen molar-refractivity contribution in [1.82, 2.24) is 15.3 Å². The lowest BCUT2D eigenvalue weighted by Crippen LogP contribution is -2.44. The molecule has 0 saturated heterocycles. The highest BCUT2D eigenvalue weighted by molar-refractivity contribution is 7.93. The molecule has 1 atom stereocenters. The fourth-order valence-corrected chi connectivity index (χ4v) is 4.44. The normalized spacial score (nSPS) is 15.6. The van der Waals surface area contributed by atoms with Gasteiger partial charge in [-0.1, -0.05) is 35.9 Å². The predicted molar refractivity (Wildman–Crippen MR) is 123 cm³/mol. The van der Waals surface area contributed by atoms with Gasteiger partial charge in [-0.05, 0) is 45.2 Å². The van der Waals surface area contributed by atoms with E-state index in [1.54, 1.807) is 19.3 Å². The highest BCUT2D eigenvalue weighted by atomic mass is 35.5. The molecule has 0 radical (unpaired) electrons. The van der Waals surface area contributed by atoms with Gasteiger partial charge in [-0.25, -0.2) is 18.4 Å². The second-order valence-corrected chi connectivity index (χ2v) is 10.7. The van der Waals surface area contributed by atoms with Gasteiger partial charge in [-0.2, -0.15) is 0 Å². The first-order chi connectivity index (χ1) is 14.5. The second kappa shape index (κ2) is 8.96. The zero-order valence-corrected chi connectivity index (χ0v) is 19.6. The Morgan fingerprint density at radius 3 is 2.42 bits per heavy atom. The van der Waals surface area contributed by atoms with Crippen LogP contribution in [0.5, 0.6) is 0 Å². The third kappa shape index (κ3) is 5.83. The Labute approximate surface area is 188 Å². The lowest BCUT2D eigenvalue weighted by atomic mass is 9.91. The zero-order valence-electron chi connectivity index (χ0n) is 18.0. The van der Waals surface area contributed by atoms with E-state index < -0.39 is 27.3 Å². The van der Waals surface area contributed by atoms with Crippen LogP contribution in [0.4, 0.5) is 5.69 Å². The van der Waals surface area contributed by atoms with Gasteiger partial charge in [0.2, 0.25) is 5.82 Å². The number of amides is 1. The van der Waals surface area contributed by atoms with Gasteiger partial charge < -0.3 is 10.2 Å². The maximum Gasteiger partial charge on any atom is 0.289 e. The minimum absolute atomic E-state index is 0.0228. The molecule has 3 rings (SSSR count). The Balaban J connectivity index is 1.79. The number of anilines is 1. The van der Waals surface area contributed by atoms with Crippen molar-refractivity contribution in [1.29, 1.82) is 0 Å². The van der Waals surface area contributed by atoms with Crippen LogP contribution >= 0.6 is 11.6 Å². The lowest BCUT2D eigenvalue weighted by Gasteiger charge is -2.41.